The van der Waals surface area contributed by atoms with Crippen molar-refractivity contribution in [3.63, 3.8) is 0 Å². The number of carboxylic acids is 1. The number of carbonyl (C=O) groups is 5. The maximum atomic E-state index is 13.3. The van der Waals surface area contributed by atoms with E-state index in [4.69, 9.17) is 0 Å². The molecule has 4 amide bonds. The number of rotatable bonds is 12. The van der Waals surface area contributed by atoms with E-state index in [-0.39, 0.29) is 36.6 Å². The van der Waals surface area contributed by atoms with Gasteiger partial charge in [0.25, 0.3) is 11.8 Å². The summed E-state index contributed by atoms with van der Waals surface area (Å²) in [7, 11) is 1.49. The van der Waals surface area contributed by atoms with Crippen LogP contribution in [0.15, 0.2) is 24.3 Å². The van der Waals surface area contributed by atoms with Gasteiger partial charge in [-0.1, -0.05) is 53.2 Å². The summed E-state index contributed by atoms with van der Waals surface area (Å²) in [6.45, 7) is 9.51. The summed E-state index contributed by atoms with van der Waals surface area (Å²) in [5, 5.41) is 15.3. The standard InChI is InChI=1S/C27H39N3O6/c1-16(2)15-20(22(31)29-21(23(32)28-6)27(3,4)5)19(26(35)36)13-9-10-14-30-24(33)17-11-7-8-12-18(17)25(30)34/h7-8,11-12,16,19-21H,9-10,13-15H2,1-6H3,(H,28,32)(H,29,31)(H,35,36)/t19-,20?,21-/m1/s1. The van der Waals surface area contributed by atoms with E-state index in [0.717, 1.165) is 0 Å². The van der Waals surface area contributed by atoms with Gasteiger partial charge in [-0.25, -0.2) is 0 Å². The molecule has 1 unspecified atom stereocenters. The maximum Gasteiger partial charge on any atom is 0.307 e. The first-order chi connectivity index (χ1) is 16.8. The minimum atomic E-state index is -1.08. The van der Waals surface area contributed by atoms with E-state index in [1.807, 2.05) is 34.6 Å². The number of aliphatic carboxylic acids is 1. The number of unbranched alkanes of at least 4 members (excludes halogenated alkanes) is 1. The Morgan fingerprint density at radius 1 is 0.944 bits per heavy atom. The Morgan fingerprint density at radius 2 is 1.50 bits per heavy atom. The smallest absolute Gasteiger partial charge is 0.307 e. The lowest BCUT2D eigenvalue weighted by Gasteiger charge is -2.33. The van der Waals surface area contributed by atoms with Crippen molar-refractivity contribution >= 4 is 29.6 Å². The normalized spacial score (nSPS) is 15.9. The number of imide groups is 1. The molecule has 0 fully saturated rings. The van der Waals surface area contributed by atoms with E-state index < -0.39 is 35.2 Å². The van der Waals surface area contributed by atoms with Crippen molar-refractivity contribution in [3.8, 4) is 0 Å². The quantitative estimate of drug-likeness (QED) is 0.298. The number of amides is 4. The van der Waals surface area contributed by atoms with E-state index in [1.165, 1.54) is 11.9 Å². The van der Waals surface area contributed by atoms with Gasteiger partial charge in [0.2, 0.25) is 11.8 Å². The van der Waals surface area contributed by atoms with Gasteiger partial charge in [-0.2, -0.15) is 0 Å². The van der Waals surface area contributed by atoms with Crippen molar-refractivity contribution < 1.29 is 29.1 Å². The third-order valence-corrected chi connectivity index (χ3v) is 6.55. The Kier molecular flexibility index (Phi) is 9.78. The third kappa shape index (κ3) is 6.92. The molecule has 0 aromatic heterocycles. The summed E-state index contributed by atoms with van der Waals surface area (Å²) in [5.41, 5.74) is 0.191. The molecule has 9 nitrogen and oxygen atoms in total. The first kappa shape index (κ1) is 29.0. The molecule has 0 bridgehead atoms. The first-order valence-electron chi connectivity index (χ1n) is 12.5. The fraction of sp³-hybridized carbons (Fsp3) is 0.593. The Morgan fingerprint density at radius 3 is 1.94 bits per heavy atom. The molecule has 36 heavy (non-hydrogen) atoms. The van der Waals surface area contributed by atoms with Crippen molar-refractivity contribution in [3.05, 3.63) is 35.4 Å². The number of hydrogen-bond acceptors (Lipinski definition) is 5. The predicted octanol–water partition coefficient (Wildman–Crippen LogP) is 3.09. The minimum absolute atomic E-state index is 0.0639. The number of fused-ring (bicyclic) bond motifs is 1. The van der Waals surface area contributed by atoms with Gasteiger partial charge in [-0.15, -0.1) is 0 Å². The topological polar surface area (TPSA) is 133 Å². The second-order valence-corrected chi connectivity index (χ2v) is 10.9. The van der Waals surface area contributed by atoms with Gasteiger partial charge in [-0.3, -0.25) is 28.9 Å². The molecule has 1 aromatic rings. The van der Waals surface area contributed by atoms with Gasteiger partial charge in [0.1, 0.15) is 6.04 Å². The van der Waals surface area contributed by atoms with Gasteiger partial charge in [-0.05, 0) is 42.7 Å². The van der Waals surface area contributed by atoms with Crippen LogP contribution in [-0.2, 0) is 14.4 Å². The van der Waals surface area contributed by atoms with Crippen LogP contribution in [0.5, 0.6) is 0 Å². The van der Waals surface area contributed by atoms with Crippen LogP contribution in [0.25, 0.3) is 0 Å². The van der Waals surface area contributed by atoms with Crippen LogP contribution in [0.4, 0.5) is 0 Å². The Labute approximate surface area is 213 Å². The SMILES string of the molecule is CNC(=O)[C@@H](NC(=O)C(CC(C)C)[C@@H](CCCCN1C(=O)c2ccccc2C1=O)C(=O)O)C(C)(C)C. The van der Waals surface area contributed by atoms with Gasteiger partial charge in [0, 0.05) is 13.6 Å². The number of hydrogen-bond donors (Lipinski definition) is 3. The molecule has 1 heterocycles. The highest BCUT2D eigenvalue weighted by Crippen LogP contribution is 2.29. The number of carboxylic acid groups (broad SMARTS) is 1. The lowest BCUT2D eigenvalue weighted by molar-refractivity contribution is -0.148. The van der Waals surface area contributed by atoms with E-state index in [0.29, 0.717) is 30.4 Å². The lowest BCUT2D eigenvalue weighted by Crippen LogP contribution is -2.55. The van der Waals surface area contributed by atoms with Gasteiger partial charge < -0.3 is 15.7 Å². The Balaban J connectivity index is 2.08. The van der Waals surface area contributed by atoms with Crippen LogP contribution in [0.1, 0.15) is 81.0 Å². The molecule has 1 aliphatic rings. The highest BCUT2D eigenvalue weighted by Gasteiger charge is 2.39. The molecule has 0 radical (unpaired) electrons. The molecule has 3 N–H and O–H groups in total. The van der Waals surface area contributed by atoms with Gasteiger partial charge in [0.15, 0.2) is 0 Å². The summed E-state index contributed by atoms with van der Waals surface area (Å²) in [5.74, 6) is -4.28. The van der Waals surface area contributed by atoms with Crippen LogP contribution >= 0.6 is 0 Å². The molecule has 0 saturated heterocycles. The molecule has 1 aliphatic heterocycles. The first-order valence-corrected chi connectivity index (χ1v) is 12.5. The molecule has 1 aromatic carbocycles. The monoisotopic (exact) mass is 501 g/mol. The van der Waals surface area contributed by atoms with Crippen LogP contribution in [0, 0.1) is 23.2 Å². The average Bonchev–Trinajstić information content (AvgIpc) is 3.04. The third-order valence-electron chi connectivity index (χ3n) is 6.55. The highest BCUT2D eigenvalue weighted by molar-refractivity contribution is 6.21. The second-order valence-electron chi connectivity index (χ2n) is 10.9. The molecule has 198 valence electrons. The zero-order valence-corrected chi connectivity index (χ0v) is 22.1. The summed E-state index contributed by atoms with van der Waals surface area (Å²) in [4.78, 5) is 64.2. The zero-order valence-electron chi connectivity index (χ0n) is 22.1. The highest BCUT2D eigenvalue weighted by atomic mass is 16.4. The van der Waals surface area contributed by atoms with Crippen LogP contribution in [-0.4, -0.2) is 59.2 Å². The van der Waals surface area contributed by atoms with Crippen LogP contribution in [0.2, 0.25) is 0 Å². The fourth-order valence-electron chi connectivity index (χ4n) is 4.60. The molecular formula is C27H39N3O6. The van der Waals surface area contributed by atoms with Crippen molar-refractivity contribution in [1.29, 1.82) is 0 Å². The average molecular weight is 502 g/mol. The Hall–Kier alpha value is -3.23. The number of carbonyl (C=O) groups excluding carboxylic acids is 4. The molecule has 3 atom stereocenters. The summed E-state index contributed by atoms with van der Waals surface area (Å²) in [6.07, 6.45) is 1.41. The van der Waals surface area contributed by atoms with Crippen molar-refractivity contribution in [2.24, 2.45) is 23.2 Å². The number of likely N-dealkylation sites (N-methyl/N-ethyl adjacent to an activating group) is 1. The lowest BCUT2D eigenvalue weighted by atomic mass is 9.80. The minimum Gasteiger partial charge on any atom is -0.481 e. The van der Waals surface area contributed by atoms with E-state index in [9.17, 15) is 29.1 Å². The summed E-state index contributed by atoms with van der Waals surface area (Å²) < 4.78 is 0. The van der Waals surface area contributed by atoms with E-state index >= 15 is 0 Å². The van der Waals surface area contributed by atoms with E-state index in [1.54, 1.807) is 24.3 Å². The number of benzene rings is 1. The van der Waals surface area contributed by atoms with Crippen LogP contribution < -0.4 is 10.6 Å². The van der Waals surface area contributed by atoms with Gasteiger partial charge >= 0.3 is 5.97 Å². The van der Waals surface area contributed by atoms with E-state index in [2.05, 4.69) is 10.6 Å². The molecule has 0 saturated carbocycles. The van der Waals surface area contributed by atoms with Crippen molar-refractivity contribution in [1.82, 2.24) is 15.5 Å². The number of nitrogens with one attached hydrogen (secondary N) is 2. The van der Waals surface area contributed by atoms with Crippen molar-refractivity contribution in [2.75, 3.05) is 13.6 Å². The summed E-state index contributed by atoms with van der Waals surface area (Å²) >= 11 is 0. The molecular weight excluding hydrogens is 462 g/mol. The molecule has 0 aliphatic carbocycles. The van der Waals surface area contributed by atoms with Gasteiger partial charge in [0.05, 0.1) is 23.0 Å². The second kappa shape index (κ2) is 12.1. The fourth-order valence-corrected chi connectivity index (χ4v) is 4.60. The summed E-state index contributed by atoms with van der Waals surface area (Å²) in [6, 6.07) is 5.84. The largest absolute Gasteiger partial charge is 0.481 e. The van der Waals surface area contributed by atoms with Crippen LogP contribution in [0.3, 0.4) is 0 Å². The Bertz CT molecular complexity index is 962. The molecule has 9 heteroatoms. The molecule has 0 spiro atoms. The maximum absolute atomic E-state index is 13.3. The zero-order chi connectivity index (χ0) is 27.2. The van der Waals surface area contributed by atoms with Crippen molar-refractivity contribution in [2.45, 2.75) is 66.3 Å². The predicted molar refractivity (Wildman–Crippen MR) is 135 cm³/mol. The number of nitrogens with zero attached hydrogens (tertiary/aromatic N) is 1. The molecule has 2 rings (SSSR count).